The maximum absolute atomic E-state index is 11.9. The van der Waals surface area contributed by atoms with Crippen LogP contribution in [0, 0.1) is 0 Å². The van der Waals surface area contributed by atoms with Gasteiger partial charge in [0.2, 0.25) is 5.78 Å². The lowest BCUT2D eigenvalue weighted by Crippen LogP contribution is -2.11. The van der Waals surface area contributed by atoms with E-state index in [2.05, 4.69) is 0 Å². The highest BCUT2D eigenvalue weighted by Gasteiger charge is 2.07. The van der Waals surface area contributed by atoms with Crippen LogP contribution in [0.3, 0.4) is 0 Å². The van der Waals surface area contributed by atoms with Crippen LogP contribution in [-0.2, 0) is 16.0 Å². The first-order chi connectivity index (χ1) is 11.0. The summed E-state index contributed by atoms with van der Waals surface area (Å²) in [5, 5.41) is 2.80. The molecule has 0 heterocycles. The zero-order valence-electron chi connectivity index (χ0n) is 12.1. The molecule has 0 aliphatic heterocycles. The Labute approximate surface area is 148 Å². The van der Waals surface area contributed by atoms with E-state index in [1.807, 2.05) is 24.3 Å². The van der Waals surface area contributed by atoms with Gasteiger partial charge >= 0.3 is 0 Å². The first-order valence-electron chi connectivity index (χ1n) is 6.80. The van der Waals surface area contributed by atoms with E-state index in [4.69, 9.17) is 23.2 Å². The normalized spacial score (nSPS) is 12.8. The molecule has 0 saturated heterocycles. The van der Waals surface area contributed by atoms with Gasteiger partial charge in [0, 0.05) is 10.0 Å². The van der Waals surface area contributed by atoms with Crippen LogP contribution >= 0.6 is 23.2 Å². The van der Waals surface area contributed by atoms with Gasteiger partial charge in [0.25, 0.3) is 0 Å². The number of hydrogen-bond donors (Lipinski definition) is 0. The topological polar surface area (TPSA) is 40.1 Å². The average Bonchev–Trinajstić information content (AvgIpc) is 2.54. The summed E-state index contributed by atoms with van der Waals surface area (Å²) in [4.78, 5) is 11.8. The van der Waals surface area contributed by atoms with Crippen molar-refractivity contribution in [2.45, 2.75) is 0 Å². The van der Waals surface area contributed by atoms with Crippen LogP contribution in [0.25, 0.3) is 12.2 Å². The minimum absolute atomic E-state index is 0.0474. The van der Waals surface area contributed by atoms with Crippen molar-refractivity contribution >= 4 is 52.3 Å². The molecule has 5 heteroatoms. The molecule has 0 spiro atoms. The molecule has 2 nitrogen and oxygen atoms in total. The van der Waals surface area contributed by atoms with Crippen LogP contribution in [0.2, 0.25) is 10.0 Å². The monoisotopic (exact) mass is 364 g/mol. The standard InChI is InChI=1S/C18H14Cl2O2S/c19-16-6-1-14(2-7-16)5-10-18(21)13-23(22)12-11-15-3-8-17(20)9-4-15/h1-12H,13H2/b10-5-,12-11?. The first-order valence-corrected chi connectivity index (χ1v) is 8.94. The molecule has 1 atom stereocenters. The number of benzene rings is 2. The van der Waals surface area contributed by atoms with E-state index in [-0.39, 0.29) is 11.5 Å². The van der Waals surface area contributed by atoms with Gasteiger partial charge in [-0.3, -0.25) is 4.79 Å². The Bertz CT molecular complexity index is 707. The van der Waals surface area contributed by atoms with Crippen LogP contribution in [0.1, 0.15) is 11.1 Å². The molecule has 0 amide bonds. The van der Waals surface area contributed by atoms with E-state index in [1.54, 1.807) is 36.4 Å². The summed E-state index contributed by atoms with van der Waals surface area (Å²) in [5.41, 5.74) is 1.75. The summed E-state index contributed by atoms with van der Waals surface area (Å²) < 4.78 is 11.9. The van der Waals surface area contributed by atoms with Gasteiger partial charge in [0.05, 0.1) is 0 Å². The van der Waals surface area contributed by atoms with Crippen molar-refractivity contribution in [1.82, 2.24) is 0 Å². The molecule has 118 valence electrons. The van der Waals surface area contributed by atoms with Crippen molar-refractivity contribution in [3.8, 4) is 0 Å². The van der Waals surface area contributed by atoms with Crippen LogP contribution < -0.4 is 0 Å². The number of hydrogen-bond acceptors (Lipinski definition) is 2. The Balaban J connectivity index is 1.86. The maximum Gasteiger partial charge on any atom is 0.205 e. The lowest BCUT2D eigenvalue weighted by Gasteiger charge is -2.02. The highest BCUT2D eigenvalue weighted by Crippen LogP contribution is 2.12. The first kappa shape index (κ1) is 17.8. The highest BCUT2D eigenvalue weighted by atomic mass is 35.5. The third-order valence-electron chi connectivity index (χ3n) is 2.90. The Kier molecular flexibility index (Phi) is 6.93. The average molecular weight is 365 g/mol. The molecular formula is C18H14Cl2O2S. The third-order valence-corrected chi connectivity index (χ3v) is 4.41. The molecule has 0 radical (unpaired) electrons. The van der Waals surface area contributed by atoms with E-state index < -0.39 is 11.2 Å². The minimum atomic E-state index is -1.35. The molecule has 23 heavy (non-hydrogen) atoms. The van der Waals surface area contributed by atoms with Gasteiger partial charge in [-0.05, 0) is 58.7 Å². The molecule has 1 unspecified atom stereocenters. The minimum Gasteiger partial charge on any atom is -0.612 e. The number of carbonyl (C=O) groups excluding carboxylic acids is 1. The van der Waals surface area contributed by atoms with Gasteiger partial charge in [0.1, 0.15) is 5.41 Å². The van der Waals surface area contributed by atoms with Crippen molar-refractivity contribution in [3.05, 3.63) is 81.2 Å². The molecule has 2 rings (SSSR count). The summed E-state index contributed by atoms with van der Waals surface area (Å²) in [6, 6.07) is 14.3. The van der Waals surface area contributed by atoms with Crippen molar-refractivity contribution in [1.29, 1.82) is 0 Å². The van der Waals surface area contributed by atoms with Gasteiger partial charge in [-0.25, -0.2) is 0 Å². The van der Waals surface area contributed by atoms with E-state index in [9.17, 15) is 9.35 Å². The molecule has 2 aromatic carbocycles. The molecular weight excluding hydrogens is 351 g/mol. The maximum atomic E-state index is 11.9. The quantitative estimate of drug-likeness (QED) is 0.534. The summed E-state index contributed by atoms with van der Waals surface area (Å²) in [6.07, 6.45) is 4.82. The second-order valence-electron chi connectivity index (χ2n) is 4.73. The highest BCUT2D eigenvalue weighted by molar-refractivity contribution is 7.95. The Morgan fingerprint density at radius 3 is 1.91 bits per heavy atom. The molecule has 0 bridgehead atoms. The lowest BCUT2D eigenvalue weighted by molar-refractivity contribution is -0.112. The molecule has 0 aliphatic carbocycles. The molecule has 0 N–H and O–H groups in total. The predicted octanol–water partition coefficient (Wildman–Crippen LogP) is 5.00. The molecule has 0 saturated carbocycles. The van der Waals surface area contributed by atoms with Crippen molar-refractivity contribution in [3.63, 3.8) is 0 Å². The third kappa shape index (κ3) is 6.63. The molecule has 0 aromatic heterocycles. The fourth-order valence-electron chi connectivity index (χ4n) is 1.73. The fraction of sp³-hybridized carbons (Fsp3) is 0.0556. The molecule has 2 aromatic rings. The smallest absolute Gasteiger partial charge is 0.205 e. The summed E-state index contributed by atoms with van der Waals surface area (Å²) in [5.74, 6) is -0.243. The SMILES string of the molecule is O=C(/C=C\c1ccc(Cl)cc1)C[S+]([O-])C=Cc1ccc(Cl)cc1. The van der Waals surface area contributed by atoms with Crippen molar-refractivity contribution in [2.75, 3.05) is 5.75 Å². The Hall–Kier alpha value is -1.52. The summed E-state index contributed by atoms with van der Waals surface area (Å²) in [6.45, 7) is 0. The molecule has 0 fully saturated rings. The van der Waals surface area contributed by atoms with Crippen molar-refractivity contribution < 1.29 is 9.35 Å². The Morgan fingerprint density at radius 2 is 1.39 bits per heavy atom. The number of rotatable bonds is 6. The van der Waals surface area contributed by atoms with E-state index in [0.717, 1.165) is 11.1 Å². The van der Waals surface area contributed by atoms with Gasteiger partial charge in [-0.1, -0.05) is 53.5 Å². The largest absolute Gasteiger partial charge is 0.612 e. The second-order valence-corrected chi connectivity index (χ2v) is 6.93. The van der Waals surface area contributed by atoms with E-state index >= 15 is 0 Å². The Morgan fingerprint density at radius 1 is 0.913 bits per heavy atom. The van der Waals surface area contributed by atoms with Crippen LogP contribution in [0.15, 0.2) is 60.0 Å². The predicted molar refractivity (Wildman–Crippen MR) is 99.0 cm³/mol. The molecule has 0 aliphatic rings. The van der Waals surface area contributed by atoms with Gasteiger partial charge in [-0.2, -0.15) is 0 Å². The zero-order chi connectivity index (χ0) is 16.7. The van der Waals surface area contributed by atoms with Gasteiger partial charge < -0.3 is 4.55 Å². The number of ketones is 1. The van der Waals surface area contributed by atoms with Crippen LogP contribution in [0.4, 0.5) is 0 Å². The zero-order valence-corrected chi connectivity index (χ0v) is 14.4. The van der Waals surface area contributed by atoms with E-state index in [0.29, 0.717) is 10.0 Å². The van der Waals surface area contributed by atoms with Crippen LogP contribution in [-0.4, -0.2) is 16.1 Å². The van der Waals surface area contributed by atoms with Gasteiger partial charge in [0.15, 0.2) is 5.75 Å². The number of carbonyl (C=O) groups is 1. The van der Waals surface area contributed by atoms with Crippen LogP contribution in [0.5, 0.6) is 0 Å². The summed E-state index contributed by atoms with van der Waals surface area (Å²) in [7, 11) is 0. The van der Waals surface area contributed by atoms with Gasteiger partial charge in [-0.15, -0.1) is 0 Å². The van der Waals surface area contributed by atoms with Crippen molar-refractivity contribution in [2.24, 2.45) is 0 Å². The lowest BCUT2D eigenvalue weighted by atomic mass is 10.2. The number of halogens is 2. The second kappa shape index (κ2) is 8.94. The fourth-order valence-corrected chi connectivity index (χ4v) is 2.76. The number of allylic oxidation sites excluding steroid dienone is 1. The van der Waals surface area contributed by atoms with E-state index in [1.165, 1.54) is 11.5 Å². The summed E-state index contributed by atoms with van der Waals surface area (Å²) >= 11 is 10.2.